The minimum atomic E-state index is -4.04. The number of carboxylic acids is 1. The van der Waals surface area contributed by atoms with Gasteiger partial charge < -0.3 is 10.0 Å². The number of anilines is 1. The van der Waals surface area contributed by atoms with Crippen molar-refractivity contribution in [3.05, 3.63) is 31.6 Å². The van der Waals surface area contributed by atoms with Gasteiger partial charge in [0.25, 0.3) is 10.0 Å². The van der Waals surface area contributed by atoms with Crippen molar-refractivity contribution in [3.63, 3.8) is 0 Å². The van der Waals surface area contributed by atoms with Crippen LogP contribution in [0.15, 0.2) is 36.4 Å². The number of aromatic nitrogens is 1. The zero-order valence-electron chi connectivity index (χ0n) is 24.6. The summed E-state index contributed by atoms with van der Waals surface area (Å²) >= 11 is 13.9. The highest BCUT2D eigenvalue weighted by Crippen LogP contribution is 2.37. The lowest BCUT2D eigenvalue weighted by Gasteiger charge is -2.34. The topological polar surface area (TPSA) is 137 Å². The van der Waals surface area contributed by atoms with Crippen LogP contribution < -0.4 is 9.62 Å². The first-order valence-electron chi connectivity index (χ1n) is 14.9. The van der Waals surface area contributed by atoms with E-state index in [9.17, 15) is 26.7 Å². The number of hydrogen-bond acceptors (Lipinski definition) is 8. The normalized spacial score (nSPS) is 18.5. The lowest BCUT2D eigenvalue weighted by Crippen LogP contribution is -2.40. The van der Waals surface area contributed by atoms with Gasteiger partial charge in [0, 0.05) is 36.8 Å². The van der Waals surface area contributed by atoms with E-state index in [4.69, 9.17) is 11.6 Å². The van der Waals surface area contributed by atoms with E-state index in [0.29, 0.717) is 50.4 Å². The van der Waals surface area contributed by atoms with E-state index in [2.05, 4.69) is 46.5 Å². The lowest BCUT2D eigenvalue weighted by atomic mass is 9.87. The molecule has 1 unspecified atom stereocenters. The molecular formula is C28H39Br2ClN4O6S3. The van der Waals surface area contributed by atoms with Crippen molar-refractivity contribution < 1.29 is 26.7 Å². The molecule has 4 heterocycles. The van der Waals surface area contributed by atoms with Crippen molar-refractivity contribution in [1.82, 2.24) is 14.0 Å². The number of sulfonamides is 2. The SMILES string of the molecule is CCCCC(NS(=O)(=O)c1cnc(N2CCC(CCCC3CCN(S(=O)(=O)c4cc(Br)c(Cl)s4)CC3)CC2)c(Br)c1)C(=O)O. The zero-order chi connectivity index (χ0) is 32.1. The molecule has 0 aliphatic carbocycles. The summed E-state index contributed by atoms with van der Waals surface area (Å²) in [6.45, 7) is 4.63. The third kappa shape index (κ3) is 9.17. The number of thiophene rings is 1. The molecule has 0 saturated carbocycles. The third-order valence-electron chi connectivity index (χ3n) is 8.48. The first-order chi connectivity index (χ1) is 20.8. The molecule has 2 aliphatic heterocycles. The van der Waals surface area contributed by atoms with Crippen LogP contribution in [0.3, 0.4) is 0 Å². The first-order valence-corrected chi connectivity index (χ1v) is 20.6. The van der Waals surface area contributed by atoms with Crippen molar-refractivity contribution in [3.8, 4) is 0 Å². The number of hydrogen-bond donors (Lipinski definition) is 2. The van der Waals surface area contributed by atoms with Gasteiger partial charge in [-0.2, -0.15) is 9.03 Å². The van der Waals surface area contributed by atoms with E-state index >= 15 is 0 Å². The Kier molecular flexibility index (Phi) is 13.0. The maximum atomic E-state index is 13.0. The molecule has 2 aromatic heterocycles. The number of unbranched alkanes of at least 4 members (excludes halogenated alkanes) is 1. The van der Waals surface area contributed by atoms with E-state index < -0.39 is 32.1 Å². The van der Waals surface area contributed by atoms with E-state index in [-0.39, 0.29) is 15.5 Å². The van der Waals surface area contributed by atoms with Gasteiger partial charge in [-0.3, -0.25) is 4.79 Å². The predicted octanol–water partition coefficient (Wildman–Crippen LogP) is 6.73. The summed E-state index contributed by atoms with van der Waals surface area (Å²) in [5.74, 6) is 0.621. The third-order valence-corrected chi connectivity index (χ3v) is 15.3. The summed E-state index contributed by atoms with van der Waals surface area (Å²) in [6.07, 6.45) is 10.0. The molecule has 2 saturated heterocycles. The average molecular weight is 819 g/mol. The first kappa shape index (κ1) is 36.0. The maximum Gasteiger partial charge on any atom is 0.321 e. The molecule has 2 fully saturated rings. The van der Waals surface area contributed by atoms with E-state index in [1.807, 2.05) is 6.92 Å². The van der Waals surface area contributed by atoms with Crippen LogP contribution in [0.2, 0.25) is 4.34 Å². The van der Waals surface area contributed by atoms with E-state index in [1.54, 1.807) is 10.4 Å². The fraction of sp³-hybridized carbons (Fsp3) is 0.643. The van der Waals surface area contributed by atoms with Crippen molar-refractivity contribution >= 4 is 86.6 Å². The number of aliphatic carboxylic acids is 1. The molecule has 0 spiro atoms. The second kappa shape index (κ2) is 15.9. The van der Waals surface area contributed by atoms with Crippen LogP contribution in [0.25, 0.3) is 0 Å². The van der Waals surface area contributed by atoms with Gasteiger partial charge in [-0.15, -0.1) is 11.3 Å². The number of piperidine rings is 2. The Hall–Kier alpha value is -0.810. The van der Waals surface area contributed by atoms with Gasteiger partial charge in [0.1, 0.15) is 25.3 Å². The molecule has 44 heavy (non-hydrogen) atoms. The highest BCUT2D eigenvalue weighted by molar-refractivity contribution is 9.11. The molecule has 0 radical (unpaired) electrons. The van der Waals surface area contributed by atoms with Gasteiger partial charge in [-0.25, -0.2) is 21.8 Å². The molecule has 0 amide bonds. The monoisotopic (exact) mass is 816 g/mol. The lowest BCUT2D eigenvalue weighted by molar-refractivity contribution is -0.139. The molecule has 10 nitrogen and oxygen atoms in total. The largest absolute Gasteiger partial charge is 0.480 e. The van der Waals surface area contributed by atoms with Crippen LogP contribution in [0.4, 0.5) is 5.82 Å². The molecule has 16 heteroatoms. The number of halogens is 3. The number of pyridine rings is 1. The summed E-state index contributed by atoms with van der Waals surface area (Å²) < 4.78 is 57.4. The van der Waals surface area contributed by atoms with Crippen molar-refractivity contribution in [2.75, 3.05) is 31.1 Å². The Morgan fingerprint density at radius 3 is 2.18 bits per heavy atom. The fourth-order valence-electron chi connectivity index (χ4n) is 5.84. The van der Waals surface area contributed by atoms with Crippen LogP contribution in [-0.4, -0.2) is 69.4 Å². The Morgan fingerprint density at radius 1 is 1.05 bits per heavy atom. The van der Waals surface area contributed by atoms with Gasteiger partial charge in [0.05, 0.1) is 4.47 Å². The van der Waals surface area contributed by atoms with Gasteiger partial charge >= 0.3 is 5.97 Å². The molecule has 2 aromatic rings. The summed E-state index contributed by atoms with van der Waals surface area (Å²) in [4.78, 5) is 18.0. The Balaban J connectivity index is 1.21. The van der Waals surface area contributed by atoms with Gasteiger partial charge in [-0.1, -0.05) is 50.6 Å². The average Bonchev–Trinajstić information content (AvgIpc) is 3.34. The maximum absolute atomic E-state index is 13.0. The summed E-state index contributed by atoms with van der Waals surface area (Å²) in [5, 5.41) is 9.42. The molecular weight excluding hydrogens is 780 g/mol. The Labute approximate surface area is 286 Å². The van der Waals surface area contributed by atoms with Crippen molar-refractivity contribution in [2.24, 2.45) is 11.8 Å². The molecule has 0 aromatic carbocycles. The summed E-state index contributed by atoms with van der Waals surface area (Å²) in [7, 11) is -7.55. The second-order valence-corrected chi connectivity index (χ2v) is 18.8. The Bertz CT molecular complexity index is 1490. The van der Waals surface area contributed by atoms with Crippen LogP contribution in [-0.2, 0) is 24.8 Å². The number of rotatable bonds is 14. The fourth-order valence-corrected chi connectivity index (χ4v) is 11.7. The molecule has 0 bridgehead atoms. The van der Waals surface area contributed by atoms with E-state index in [1.165, 1.54) is 12.3 Å². The number of carbonyl (C=O) groups is 1. The minimum Gasteiger partial charge on any atom is -0.480 e. The van der Waals surface area contributed by atoms with Crippen molar-refractivity contribution in [2.45, 2.75) is 86.3 Å². The van der Waals surface area contributed by atoms with Crippen LogP contribution in [0.5, 0.6) is 0 Å². The number of nitrogens with zero attached hydrogens (tertiary/aromatic N) is 3. The molecule has 4 rings (SSSR count). The molecule has 246 valence electrons. The van der Waals surface area contributed by atoms with Gasteiger partial charge in [0.15, 0.2) is 0 Å². The highest BCUT2D eigenvalue weighted by Gasteiger charge is 2.32. The number of nitrogens with one attached hydrogen (secondary N) is 1. The predicted molar refractivity (Wildman–Crippen MR) is 181 cm³/mol. The summed E-state index contributed by atoms with van der Waals surface area (Å²) in [6, 6.07) is 1.89. The van der Waals surface area contributed by atoms with E-state index in [0.717, 1.165) is 75.8 Å². The number of carboxylic acid groups (broad SMARTS) is 1. The van der Waals surface area contributed by atoms with Crippen LogP contribution in [0.1, 0.15) is 71.1 Å². The molecule has 2 N–H and O–H groups in total. The van der Waals surface area contributed by atoms with Gasteiger partial charge in [0.2, 0.25) is 10.0 Å². The van der Waals surface area contributed by atoms with Crippen LogP contribution in [0, 0.1) is 11.8 Å². The van der Waals surface area contributed by atoms with Gasteiger partial charge in [-0.05, 0) is 87.9 Å². The zero-order valence-corrected chi connectivity index (χ0v) is 30.9. The Morgan fingerprint density at radius 2 is 1.66 bits per heavy atom. The van der Waals surface area contributed by atoms with Crippen LogP contribution >= 0.6 is 54.8 Å². The minimum absolute atomic E-state index is 0.0711. The highest BCUT2D eigenvalue weighted by atomic mass is 79.9. The molecule has 2 aliphatic rings. The smallest absolute Gasteiger partial charge is 0.321 e. The summed E-state index contributed by atoms with van der Waals surface area (Å²) in [5.41, 5.74) is 0. The standard InChI is InChI=1S/C28H39Br2ClN4O6S3/c1-2-3-7-24(28(36)37)33-43(38,39)21-16-23(30)27(32-18-21)34-12-8-19(9-13-34)5-4-6-20-10-14-35(15-11-20)44(40,41)25-17-22(29)26(31)42-25/h16-20,24,33H,2-15H2,1H3,(H,36,37). The second-order valence-electron chi connectivity index (χ2n) is 11.5. The molecule has 1 atom stereocenters. The van der Waals surface area contributed by atoms with Crippen molar-refractivity contribution in [1.29, 1.82) is 0 Å². The quantitative estimate of drug-likeness (QED) is 0.214.